The van der Waals surface area contributed by atoms with E-state index in [9.17, 15) is 24.0 Å². The van der Waals surface area contributed by atoms with E-state index < -0.39 is 30.4 Å². The van der Waals surface area contributed by atoms with Crippen LogP contribution in [0.3, 0.4) is 0 Å². The van der Waals surface area contributed by atoms with Crippen LogP contribution in [0.2, 0.25) is 0 Å². The van der Waals surface area contributed by atoms with Gasteiger partial charge >= 0.3 is 5.97 Å². The average Bonchev–Trinajstić information content (AvgIpc) is 2.89. The molecular formula is C29H26N2O6. The average molecular weight is 499 g/mol. The molecule has 0 saturated carbocycles. The maximum atomic E-state index is 12.9. The molecule has 8 heteroatoms. The maximum Gasteiger partial charge on any atom is 0.329 e. The molecule has 8 nitrogen and oxygen atoms in total. The lowest BCUT2D eigenvalue weighted by Crippen LogP contribution is -2.45. The molecule has 2 amide bonds. The summed E-state index contributed by atoms with van der Waals surface area (Å²) in [5.41, 5.74) is 2.80. The van der Waals surface area contributed by atoms with E-state index in [1.165, 1.54) is 18.2 Å². The first-order valence-electron chi connectivity index (χ1n) is 11.8. The SMILES string of the molecule is Cc1ccc(C(=O)NC(C(=O)OCC(=O)Nc2ccc3c(c2)C(=O)c2ccccc2C3=O)C(C)C)cc1. The summed E-state index contributed by atoms with van der Waals surface area (Å²) in [6, 6.07) is 17.0. The number of esters is 1. The van der Waals surface area contributed by atoms with Crippen LogP contribution >= 0.6 is 0 Å². The normalized spacial score (nSPS) is 12.9. The molecule has 0 heterocycles. The van der Waals surface area contributed by atoms with E-state index in [1.807, 2.05) is 6.92 Å². The number of hydrogen-bond donors (Lipinski definition) is 2. The number of benzene rings is 3. The van der Waals surface area contributed by atoms with Crippen molar-refractivity contribution in [1.82, 2.24) is 5.32 Å². The smallest absolute Gasteiger partial charge is 0.329 e. The van der Waals surface area contributed by atoms with Gasteiger partial charge in [-0.15, -0.1) is 0 Å². The summed E-state index contributed by atoms with van der Waals surface area (Å²) in [7, 11) is 0. The molecule has 3 aromatic rings. The highest BCUT2D eigenvalue weighted by atomic mass is 16.5. The van der Waals surface area contributed by atoms with Crippen molar-refractivity contribution in [3.05, 3.63) is 100 Å². The fourth-order valence-electron chi connectivity index (χ4n) is 4.03. The van der Waals surface area contributed by atoms with Crippen LogP contribution in [0.25, 0.3) is 0 Å². The molecule has 2 N–H and O–H groups in total. The van der Waals surface area contributed by atoms with Gasteiger partial charge in [0.1, 0.15) is 6.04 Å². The first-order valence-corrected chi connectivity index (χ1v) is 11.8. The first-order chi connectivity index (χ1) is 17.7. The van der Waals surface area contributed by atoms with Crippen molar-refractivity contribution in [2.75, 3.05) is 11.9 Å². The fourth-order valence-corrected chi connectivity index (χ4v) is 4.03. The van der Waals surface area contributed by atoms with Crippen LogP contribution in [0.4, 0.5) is 5.69 Å². The van der Waals surface area contributed by atoms with Crippen LogP contribution in [0.1, 0.15) is 61.6 Å². The van der Waals surface area contributed by atoms with E-state index in [0.717, 1.165) is 5.56 Å². The van der Waals surface area contributed by atoms with E-state index in [2.05, 4.69) is 10.6 Å². The molecule has 3 aromatic carbocycles. The Morgan fingerprint density at radius 2 is 1.41 bits per heavy atom. The Balaban J connectivity index is 1.38. The van der Waals surface area contributed by atoms with Crippen molar-refractivity contribution in [3.8, 4) is 0 Å². The zero-order chi connectivity index (χ0) is 26.7. The minimum Gasteiger partial charge on any atom is -0.454 e. The molecule has 188 valence electrons. The largest absolute Gasteiger partial charge is 0.454 e. The Morgan fingerprint density at radius 3 is 2.03 bits per heavy atom. The van der Waals surface area contributed by atoms with Crippen LogP contribution in [0.5, 0.6) is 0 Å². The topological polar surface area (TPSA) is 119 Å². The van der Waals surface area contributed by atoms with Gasteiger partial charge in [-0.05, 0) is 43.2 Å². The third-order valence-corrected chi connectivity index (χ3v) is 6.08. The Morgan fingerprint density at radius 1 is 0.811 bits per heavy atom. The standard InChI is InChI=1S/C29H26N2O6/c1-16(2)25(31-28(35)18-10-8-17(3)9-11-18)29(36)37-15-24(32)30-19-12-13-22-23(14-19)27(34)21-7-5-4-6-20(21)26(22)33/h4-14,16,25H,15H2,1-3H3,(H,30,32)(H,31,35). The van der Waals surface area contributed by atoms with Crippen molar-refractivity contribution in [2.45, 2.75) is 26.8 Å². The van der Waals surface area contributed by atoms with E-state index in [0.29, 0.717) is 16.7 Å². The third-order valence-electron chi connectivity index (χ3n) is 6.08. The zero-order valence-electron chi connectivity index (χ0n) is 20.7. The number of nitrogens with one attached hydrogen (secondary N) is 2. The molecule has 0 bridgehead atoms. The molecule has 4 rings (SSSR count). The lowest BCUT2D eigenvalue weighted by Gasteiger charge is -2.21. The minimum atomic E-state index is -0.950. The summed E-state index contributed by atoms with van der Waals surface area (Å²) in [4.78, 5) is 63.3. The van der Waals surface area contributed by atoms with Gasteiger partial charge in [-0.25, -0.2) is 4.79 Å². The molecule has 0 aliphatic heterocycles. The second-order valence-corrected chi connectivity index (χ2v) is 9.18. The van der Waals surface area contributed by atoms with Gasteiger partial charge < -0.3 is 15.4 Å². The van der Waals surface area contributed by atoms with Gasteiger partial charge in [0.2, 0.25) is 0 Å². The van der Waals surface area contributed by atoms with E-state index >= 15 is 0 Å². The number of carbonyl (C=O) groups is 5. The van der Waals surface area contributed by atoms with Crippen molar-refractivity contribution < 1.29 is 28.7 Å². The number of anilines is 1. The van der Waals surface area contributed by atoms with Crippen LogP contribution < -0.4 is 10.6 Å². The molecule has 1 unspecified atom stereocenters. The van der Waals surface area contributed by atoms with Gasteiger partial charge in [-0.1, -0.05) is 55.8 Å². The highest BCUT2D eigenvalue weighted by Gasteiger charge is 2.30. The molecule has 37 heavy (non-hydrogen) atoms. The Kier molecular flexibility index (Phi) is 7.29. The Bertz CT molecular complexity index is 1410. The predicted octanol–water partition coefficient (Wildman–Crippen LogP) is 3.71. The van der Waals surface area contributed by atoms with Gasteiger partial charge in [-0.3, -0.25) is 19.2 Å². The number of ether oxygens (including phenoxy) is 1. The molecule has 0 radical (unpaired) electrons. The van der Waals surface area contributed by atoms with Crippen LogP contribution in [0.15, 0.2) is 66.7 Å². The Labute approximate surface area is 214 Å². The van der Waals surface area contributed by atoms with Gasteiger partial charge in [0.25, 0.3) is 11.8 Å². The van der Waals surface area contributed by atoms with Gasteiger partial charge in [-0.2, -0.15) is 0 Å². The molecule has 1 aliphatic rings. The maximum absolute atomic E-state index is 12.9. The van der Waals surface area contributed by atoms with Gasteiger partial charge in [0.15, 0.2) is 18.2 Å². The van der Waals surface area contributed by atoms with Crippen molar-refractivity contribution in [1.29, 1.82) is 0 Å². The van der Waals surface area contributed by atoms with E-state index in [-0.39, 0.29) is 34.3 Å². The molecule has 1 aliphatic carbocycles. The Hall–Kier alpha value is -4.59. The lowest BCUT2D eigenvalue weighted by molar-refractivity contribution is -0.150. The molecule has 0 fully saturated rings. The number of rotatable bonds is 7. The minimum absolute atomic E-state index is 0.192. The predicted molar refractivity (Wildman–Crippen MR) is 137 cm³/mol. The summed E-state index contributed by atoms with van der Waals surface area (Å²) in [6.45, 7) is 4.83. The summed E-state index contributed by atoms with van der Waals surface area (Å²) in [5, 5.41) is 5.24. The van der Waals surface area contributed by atoms with Crippen LogP contribution in [-0.2, 0) is 14.3 Å². The van der Waals surface area contributed by atoms with E-state index in [4.69, 9.17) is 4.74 Å². The molecule has 0 aromatic heterocycles. The van der Waals surface area contributed by atoms with Gasteiger partial charge in [0.05, 0.1) is 0 Å². The van der Waals surface area contributed by atoms with Crippen LogP contribution in [0, 0.1) is 12.8 Å². The molecule has 0 spiro atoms. The zero-order valence-corrected chi connectivity index (χ0v) is 20.7. The highest BCUT2D eigenvalue weighted by Crippen LogP contribution is 2.29. The first kappa shape index (κ1) is 25.5. The second-order valence-electron chi connectivity index (χ2n) is 9.18. The lowest BCUT2D eigenvalue weighted by atomic mass is 9.84. The molecule has 1 atom stereocenters. The summed E-state index contributed by atoms with van der Waals surface area (Å²) >= 11 is 0. The molecular weight excluding hydrogens is 472 g/mol. The number of carbonyl (C=O) groups excluding carboxylic acids is 5. The number of hydrogen-bond acceptors (Lipinski definition) is 6. The number of aryl methyl sites for hydroxylation is 1. The second kappa shape index (κ2) is 10.6. The molecule has 0 saturated heterocycles. The summed E-state index contributed by atoms with van der Waals surface area (Å²) in [5.74, 6) is -2.64. The number of amides is 2. The van der Waals surface area contributed by atoms with Crippen LogP contribution in [-0.4, -0.2) is 42.0 Å². The van der Waals surface area contributed by atoms with E-state index in [1.54, 1.807) is 62.4 Å². The fraction of sp³-hybridized carbons (Fsp3) is 0.207. The summed E-state index contributed by atoms with van der Waals surface area (Å²) < 4.78 is 5.17. The van der Waals surface area contributed by atoms with Crippen molar-refractivity contribution in [2.24, 2.45) is 5.92 Å². The third kappa shape index (κ3) is 5.48. The quantitative estimate of drug-likeness (QED) is 0.375. The van der Waals surface area contributed by atoms with Crippen molar-refractivity contribution in [3.63, 3.8) is 0 Å². The number of ketones is 2. The highest BCUT2D eigenvalue weighted by molar-refractivity contribution is 6.28. The van der Waals surface area contributed by atoms with Gasteiger partial charge in [0, 0.05) is 33.5 Å². The number of fused-ring (bicyclic) bond motifs is 2. The van der Waals surface area contributed by atoms with Crippen molar-refractivity contribution >= 4 is 35.0 Å². The summed E-state index contributed by atoms with van der Waals surface area (Å²) in [6.07, 6.45) is 0. The monoisotopic (exact) mass is 498 g/mol.